The summed E-state index contributed by atoms with van der Waals surface area (Å²) in [6, 6.07) is 1.20. The zero-order chi connectivity index (χ0) is 17.9. The third-order valence-corrected chi connectivity index (χ3v) is 4.63. The monoisotopic (exact) mass is 366 g/mol. The molecule has 0 aromatic heterocycles. The molecule has 136 valence electrons. The van der Waals surface area contributed by atoms with E-state index in [1.807, 2.05) is 18.7 Å². The summed E-state index contributed by atoms with van der Waals surface area (Å²) in [6.45, 7) is 6.93. The third kappa shape index (κ3) is 4.83. The Morgan fingerprint density at radius 1 is 1.17 bits per heavy atom. The lowest BCUT2D eigenvalue weighted by Crippen LogP contribution is -2.45. The lowest BCUT2D eigenvalue weighted by atomic mass is 9.94. The van der Waals surface area contributed by atoms with Gasteiger partial charge in [-0.1, -0.05) is 25.4 Å². The summed E-state index contributed by atoms with van der Waals surface area (Å²) in [5.41, 5.74) is -0.842. The first-order chi connectivity index (χ1) is 11.2. The maximum Gasteiger partial charge on any atom is 0.416 e. The van der Waals surface area contributed by atoms with Gasteiger partial charge >= 0.3 is 6.18 Å². The standard InChI is InChI=1S/C17H23ClF4N2/c1-11(2)3-4-15(24-7-5-23-6-8-24)13-9-12(17(20,21)22)10-14(18)16(13)19/h9-11,15,23H,3-8H2,1-2H3/t15-/m1/s1. The van der Waals surface area contributed by atoms with Crippen LogP contribution >= 0.6 is 11.6 Å². The lowest BCUT2D eigenvalue weighted by molar-refractivity contribution is -0.137. The molecule has 7 heteroatoms. The molecule has 1 N–H and O–H groups in total. The van der Waals surface area contributed by atoms with Gasteiger partial charge in [0.2, 0.25) is 0 Å². The Bertz CT molecular complexity index is 554. The molecule has 2 nitrogen and oxygen atoms in total. The average molecular weight is 367 g/mol. The molecule has 0 aliphatic carbocycles. The quantitative estimate of drug-likeness (QED) is 0.747. The second-order valence-corrected chi connectivity index (χ2v) is 7.04. The van der Waals surface area contributed by atoms with Crippen LogP contribution in [-0.4, -0.2) is 31.1 Å². The predicted octanol–water partition coefficient (Wildman–Crippen LogP) is 4.88. The summed E-state index contributed by atoms with van der Waals surface area (Å²) in [7, 11) is 0. The van der Waals surface area contributed by atoms with Crippen molar-refractivity contribution >= 4 is 11.6 Å². The summed E-state index contributed by atoms with van der Waals surface area (Å²) in [5, 5.41) is 2.74. The average Bonchev–Trinajstić information content (AvgIpc) is 2.51. The largest absolute Gasteiger partial charge is 0.416 e. The molecule has 0 radical (unpaired) electrons. The Balaban J connectivity index is 2.41. The molecule has 0 bridgehead atoms. The molecule has 24 heavy (non-hydrogen) atoms. The Morgan fingerprint density at radius 3 is 2.33 bits per heavy atom. The van der Waals surface area contributed by atoms with Crippen LogP contribution in [0.4, 0.5) is 17.6 Å². The first kappa shape index (κ1) is 19.5. The van der Waals surface area contributed by atoms with Crippen molar-refractivity contribution in [3.63, 3.8) is 0 Å². The van der Waals surface area contributed by atoms with E-state index < -0.39 is 28.6 Å². The van der Waals surface area contributed by atoms with Gasteiger partial charge in [0.15, 0.2) is 0 Å². The highest BCUT2D eigenvalue weighted by molar-refractivity contribution is 6.30. The van der Waals surface area contributed by atoms with Gasteiger partial charge in [0.05, 0.1) is 10.6 Å². The van der Waals surface area contributed by atoms with Gasteiger partial charge in [0, 0.05) is 37.8 Å². The molecule has 1 aromatic carbocycles. The van der Waals surface area contributed by atoms with Crippen molar-refractivity contribution < 1.29 is 17.6 Å². The fourth-order valence-electron chi connectivity index (χ4n) is 3.04. The number of nitrogens with zero attached hydrogens (tertiary/aromatic N) is 1. The van der Waals surface area contributed by atoms with E-state index in [4.69, 9.17) is 11.6 Å². The molecular formula is C17H23ClF4N2. The van der Waals surface area contributed by atoms with Gasteiger partial charge in [0.1, 0.15) is 5.82 Å². The Labute approximate surface area is 145 Å². The van der Waals surface area contributed by atoms with Crippen LogP contribution in [-0.2, 0) is 6.18 Å². The summed E-state index contributed by atoms with van der Waals surface area (Å²) >= 11 is 5.76. The van der Waals surface area contributed by atoms with E-state index >= 15 is 0 Å². The van der Waals surface area contributed by atoms with Gasteiger partial charge in [-0.25, -0.2) is 4.39 Å². The molecule has 1 atom stereocenters. The van der Waals surface area contributed by atoms with Gasteiger partial charge in [-0.15, -0.1) is 0 Å². The molecular weight excluding hydrogens is 344 g/mol. The Hall–Kier alpha value is -0.850. The number of rotatable bonds is 5. The van der Waals surface area contributed by atoms with Crippen LogP contribution in [0, 0.1) is 11.7 Å². The SMILES string of the molecule is CC(C)CC[C@H](c1cc(C(F)(F)F)cc(Cl)c1F)N1CCNCC1. The van der Waals surface area contributed by atoms with E-state index in [-0.39, 0.29) is 5.56 Å². The maximum absolute atomic E-state index is 14.6. The minimum Gasteiger partial charge on any atom is -0.314 e. The molecule has 1 aliphatic heterocycles. The molecule has 1 fully saturated rings. The molecule has 1 aliphatic rings. The zero-order valence-electron chi connectivity index (χ0n) is 13.9. The maximum atomic E-state index is 14.6. The molecule has 2 rings (SSSR count). The minimum atomic E-state index is -4.54. The topological polar surface area (TPSA) is 15.3 Å². The van der Waals surface area contributed by atoms with Gasteiger partial charge in [-0.05, 0) is 30.9 Å². The molecule has 0 saturated carbocycles. The molecule has 0 amide bonds. The summed E-state index contributed by atoms with van der Waals surface area (Å²) in [5.74, 6) is -0.350. The van der Waals surface area contributed by atoms with Gasteiger partial charge < -0.3 is 5.32 Å². The summed E-state index contributed by atoms with van der Waals surface area (Å²) in [6.07, 6.45) is -3.13. The number of hydrogen-bond donors (Lipinski definition) is 1. The second kappa shape index (κ2) is 8.02. The van der Waals surface area contributed by atoms with Crippen LogP contribution in [0.15, 0.2) is 12.1 Å². The van der Waals surface area contributed by atoms with Crippen LogP contribution in [0.5, 0.6) is 0 Å². The van der Waals surface area contributed by atoms with E-state index in [0.717, 1.165) is 25.6 Å². The van der Waals surface area contributed by atoms with Crippen LogP contribution in [0.2, 0.25) is 5.02 Å². The minimum absolute atomic E-state index is 0.0531. The number of halogens is 5. The number of hydrogen-bond acceptors (Lipinski definition) is 2. The van der Waals surface area contributed by atoms with Gasteiger partial charge in [-0.3, -0.25) is 4.90 Å². The number of nitrogens with one attached hydrogen (secondary N) is 1. The van der Waals surface area contributed by atoms with E-state index in [1.165, 1.54) is 0 Å². The molecule has 0 unspecified atom stereocenters. The highest BCUT2D eigenvalue weighted by atomic mass is 35.5. The summed E-state index contributed by atoms with van der Waals surface area (Å²) in [4.78, 5) is 2.05. The highest BCUT2D eigenvalue weighted by Crippen LogP contribution is 2.38. The fourth-order valence-corrected chi connectivity index (χ4v) is 3.26. The number of alkyl halides is 3. The zero-order valence-corrected chi connectivity index (χ0v) is 14.6. The smallest absolute Gasteiger partial charge is 0.314 e. The highest BCUT2D eigenvalue weighted by Gasteiger charge is 2.34. The van der Waals surface area contributed by atoms with Crippen LogP contribution in [0.1, 0.15) is 43.9 Å². The van der Waals surface area contributed by atoms with E-state index in [2.05, 4.69) is 5.32 Å². The molecule has 1 aromatic rings. The first-order valence-corrected chi connectivity index (χ1v) is 8.59. The van der Waals surface area contributed by atoms with Gasteiger partial charge in [0.25, 0.3) is 0 Å². The summed E-state index contributed by atoms with van der Waals surface area (Å²) < 4.78 is 53.8. The second-order valence-electron chi connectivity index (χ2n) is 6.63. The van der Waals surface area contributed by atoms with E-state index in [1.54, 1.807) is 0 Å². The van der Waals surface area contributed by atoms with Crippen molar-refractivity contribution in [3.8, 4) is 0 Å². The van der Waals surface area contributed by atoms with Crippen molar-refractivity contribution in [1.29, 1.82) is 0 Å². The van der Waals surface area contributed by atoms with Crippen molar-refractivity contribution in [2.75, 3.05) is 26.2 Å². The lowest BCUT2D eigenvalue weighted by Gasteiger charge is -2.36. The fraction of sp³-hybridized carbons (Fsp3) is 0.647. The van der Waals surface area contributed by atoms with Crippen molar-refractivity contribution in [2.24, 2.45) is 5.92 Å². The van der Waals surface area contributed by atoms with Crippen molar-refractivity contribution in [2.45, 2.75) is 38.9 Å². The number of benzene rings is 1. The van der Waals surface area contributed by atoms with Crippen LogP contribution in [0.3, 0.4) is 0 Å². The van der Waals surface area contributed by atoms with Gasteiger partial charge in [-0.2, -0.15) is 13.2 Å². The van der Waals surface area contributed by atoms with Crippen molar-refractivity contribution in [3.05, 3.63) is 34.1 Å². The molecule has 1 heterocycles. The first-order valence-electron chi connectivity index (χ1n) is 8.21. The molecule has 1 saturated heterocycles. The van der Waals surface area contributed by atoms with Crippen LogP contribution < -0.4 is 5.32 Å². The molecule has 0 spiro atoms. The van der Waals surface area contributed by atoms with Crippen LogP contribution in [0.25, 0.3) is 0 Å². The third-order valence-electron chi connectivity index (χ3n) is 4.35. The van der Waals surface area contributed by atoms with E-state index in [9.17, 15) is 17.6 Å². The predicted molar refractivity (Wildman–Crippen MR) is 87.7 cm³/mol. The Morgan fingerprint density at radius 2 is 1.79 bits per heavy atom. The Kier molecular flexibility index (Phi) is 6.51. The van der Waals surface area contributed by atoms with E-state index in [0.29, 0.717) is 31.5 Å². The van der Waals surface area contributed by atoms with Crippen molar-refractivity contribution in [1.82, 2.24) is 10.2 Å². The number of piperazine rings is 1. The normalized spacial score (nSPS) is 18.2.